The van der Waals surface area contributed by atoms with Crippen LogP contribution in [0.2, 0.25) is 0 Å². The van der Waals surface area contributed by atoms with Crippen molar-refractivity contribution in [1.29, 1.82) is 0 Å². The monoisotopic (exact) mass is 580 g/mol. The Morgan fingerprint density at radius 1 is 0.976 bits per heavy atom. The molecular weight excluding hydrogens is 547 g/mol. The van der Waals surface area contributed by atoms with Crippen LogP contribution in [-0.2, 0) is 12.7 Å². The van der Waals surface area contributed by atoms with Crippen LogP contribution in [0.5, 0.6) is 17.2 Å². The highest BCUT2D eigenvalue weighted by Gasteiger charge is 2.41. The van der Waals surface area contributed by atoms with E-state index in [1.807, 2.05) is 13.8 Å². The molecule has 220 valence electrons. The number of hydrogen-bond acceptors (Lipinski definition) is 5. The minimum atomic E-state index is -5.03. The molecule has 4 aromatic rings. The van der Waals surface area contributed by atoms with E-state index in [9.17, 15) is 22.8 Å². The molecular formula is C33H33F3NO5+. The molecule has 0 spiro atoms. The van der Waals surface area contributed by atoms with Crippen molar-refractivity contribution in [2.45, 2.75) is 53.3 Å². The number of alkyl halides is 3. The Morgan fingerprint density at radius 2 is 1.67 bits per heavy atom. The van der Waals surface area contributed by atoms with Gasteiger partial charge in [0.05, 0.1) is 29.6 Å². The molecule has 1 saturated heterocycles. The molecule has 0 amide bonds. The van der Waals surface area contributed by atoms with E-state index in [2.05, 4.69) is 6.92 Å². The molecule has 6 nitrogen and oxygen atoms in total. The third kappa shape index (κ3) is 6.21. The highest BCUT2D eigenvalue weighted by molar-refractivity contribution is 5.92. The zero-order valence-corrected chi connectivity index (χ0v) is 24.0. The summed E-state index contributed by atoms with van der Waals surface area (Å²) in [6, 6.07) is 14.3. The van der Waals surface area contributed by atoms with Crippen molar-refractivity contribution in [2.75, 3.05) is 13.1 Å². The summed E-state index contributed by atoms with van der Waals surface area (Å²) in [5, 5.41) is -0.0863. The number of halogens is 3. The molecule has 5 rings (SSSR count). The number of nitrogens with one attached hydrogen (secondary N) is 1. The normalized spacial score (nSPS) is 17.3. The molecule has 42 heavy (non-hydrogen) atoms. The molecule has 9 heteroatoms. The topological polar surface area (TPSA) is 70.2 Å². The van der Waals surface area contributed by atoms with Gasteiger partial charge in [-0.25, -0.2) is 4.79 Å². The average molecular weight is 581 g/mol. The molecule has 0 bridgehead atoms. The van der Waals surface area contributed by atoms with Crippen LogP contribution in [0, 0.1) is 26.7 Å². The smallest absolute Gasteiger partial charge is 0.449 e. The Morgan fingerprint density at radius 3 is 2.31 bits per heavy atom. The lowest BCUT2D eigenvalue weighted by atomic mass is 9.98. The second-order valence-corrected chi connectivity index (χ2v) is 11.2. The number of likely N-dealkylation sites (tertiary alicyclic amines) is 1. The van der Waals surface area contributed by atoms with Gasteiger partial charge in [0.2, 0.25) is 11.2 Å². The van der Waals surface area contributed by atoms with Gasteiger partial charge in [-0.1, -0.05) is 30.7 Å². The first-order valence-electron chi connectivity index (χ1n) is 14.0. The van der Waals surface area contributed by atoms with Gasteiger partial charge in [0.15, 0.2) is 5.58 Å². The van der Waals surface area contributed by atoms with Crippen molar-refractivity contribution in [1.82, 2.24) is 0 Å². The van der Waals surface area contributed by atoms with Crippen LogP contribution in [0.25, 0.3) is 11.0 Å². The van der Waals surface area contributed by atoms with Gasteiger partial charge in [-0.15, -0.1) is 0 Å². The number of rotatable bonds is 6. The van der Waals surface area contributed by atoms with E-state index >= 15 is 0 Å². The van der Waals surface area contributed by atoms with Gasteiger partial charge in [-0.2, -0.15) is 13.2 Å². The average Bonchev–Trinajstić information content (AvgIpc) is 2.94. The first kappa shape index (κ1) is 29.4. The van der Waals surface area contributed by atoms with Crippen LogP contribution in [0.4, 0.5) is 13.2 Å². The fraction of sp³-hybridized carbons (Fsp3) is 0.333. The fourth-order valence-corrected chi connectivity index (χ4v) is 5.16. The van der Waals surface area contributed by atoms with Crippen molar-refractivity contribution in [3.63, 3.8) is 0 Å². The fourth-order valence-electron chi connectivity index (χ4n) is 5.16. The molecule has 1 aliphatic rings. The summed E-state index contributed by atoms with van der Waals surface area (Å²) in [6.45, 7) is 9.50. The first-order chi connectivity index (χ1) is 19.9. The van der Waals surface area contributed by atoms with Gasteiger partial charge in [-0.05, 0) is 87.1 Å². The Kier molecular flexibility index (Phi) is 8.14. The van der Waals surface area contributed by atoms with Crippen molar-refractivity contribution in [3.8, 4) is 17.2 Å². The van der Waals surface area contributed by atoms with Crippen LogP contribution in [0.15, 0.2) is 63.8 Å². The Bertz CT molecular complexity index is 1680. The van der Waals surface area contributed by atoms with Gasteiger partial charge >= 0.3 is 12.1 Å². The predicted molar refractivity (Wildman–Crippen MR) is 152 cm³/mol. The van der Waals surface area contributed by atoms with Crippen LogP contribution in [0.3, 0.4) is 0 Å². The molecule has 0 radical (unpaired) electrons. The lowest BCUT2D eigenvalue weighted by Crippen LogP contribution is -3.11. The number of benzene rings is 3. The van der Waals surface area contributed by atoms with Crippen molar-refractivity contribution in [3.05, 3.63) is 98.4 Å². The van der Waals surface area contributed by atoms with E-state index < -0.39 is 29.1 Å². The molecule has 0 aliphatic carbocycles. The maximum absolute atomic E-state index is 14.4. The number of fused-ring (bicyclic) bond motifs is 1. The van der Waals surface area contributed by atoms with Gasteiger partial charge in [0.25, 0.3) is 5.76 Å². The highest BCUT2D eigenvalue weighted by Crippen LogP contribution is 2.40. The minimum absolute atomic E-state index is 0.0540. The molecule has 3 aromatic carbocycles. The summed E-state index contributed by atoms with van der Waals surface area (Å²) in [6.07, 6.45) is -3.13. The molecule has 0 atom stereocenters. The van der Waals surface area contributed by atoms with Gasteiger partial charge in [-0.3, -0.25) is 4.79 Å². The first-order valence-corrected chi connectivity index (χ1v) is 14.0. The van der Waals surface area contributed by atoms with E-state index in [-0.39, 0.29) is 34.6 Å². The highest BCUT2D eigenvalue weighted by atomic mass is 19.4. The molecule has 1 aliphatic heterocycles. The van der Waals surface area contributed by atoms with Gasteiger partial charge in [0, 0.05) is 0 Å². The summed E-state index contributed by atoms with van der Waals surface area (Å²) in [4.78, 5) is 27.8. The standard InChI is InChI=1S/C33H32F3NO5/c1-19-5-8-23(9-6-19)32(39)41-27-12-11-25-28(38)30(40-24-10-7-21(3)22(4)17-24)31(33(34,35)36)42-29(25)26(27)18-37-15-13-20(2)14-16-37/h5-12,17,20H,13-16,18H2,1-4H3/p+1. The Labute approximate surface area is 241 Å². The number of aryl methyl sites for hydroxylation is 3. The van der Waals surface area contributed by atoms with Gasteiger partial charge in [0.1, 0.15) is 18.0 Å². The number of quaternary nitrogens is 1. The van der Waals surface area contributed by atoms with Crippen LogP contribution in [-0.4, -0.2) is 19.1 Å². The van der Waals surface area contributed by atoms with E-state index in [4.69, 9.17) is 13.9 Å². The maximum atomic E-state index is 14.4. The van der Waals surface area contributed by atoms with Gasteiger partial charge < -0.3 is 18.8 Å². The zero-order valence-electron chi connectivity index (χ0n) is 24.0. The van der Waals surface area contributed by atoms with Crippen molar-refractivity contribution < 1.29 is 36.8 Å². The predicted octanol–water partition coefficient (Wildman–Crippen LogP) is 6.56. The van der Waals surface area contributed by atoms with Crippen molar-refractivity contribution >= 4 is 16.9 Å². The molecule has 0 saturated carbocycles. The number of hydrogen-bond donors (Lipinski definition) is 1. The van der Waals surface area contributed by atoms with Crippen LogP contribution >= 0.6 is 0 Å². The largest absolute Gasteiger partial charge is 0.453 e. The second-order valence-electron chi connectivity index (χ2n) is 11.2. The third-order valence-electron chi connectivity index (χ3n) is 7.93. The van der Waals surface area contributed by atoms with E-state index in [1.54, 1.807) is 43.3 Å². The molecule has 0 unspecified atom stereocenters. The summed E-state index contributed by atoms with van der Waals surface area (Å²) < 4.78 is 60.0. The number of piperidine rings is 1. The molecule has 2 heterocycles. The second kappa shape index (κ2) is 11.6. The molecule has 1 N–H and O–H groups in total. The Hall–Kier alpha value is -4.11. The number of carbonyl (C=O) groups excluding carboxylic acids is 1. The van der Waals surface area contributed by atoms with E-state index in [1.165, 1.54) is 18.2 Å². The number of ether oxygens (including phenoxy) is 2. The Balaban J connectivity index is 1.65. The lowest BCUT2D eigenvalue weighted by molar-refractivity contribution is -0.919. The molecule has 1 aromatic heterocycles. The van der Waals surface area contributed by atoms with Crippen LogP contribution < -0.4 is 19.8 Å². The van der Waals surface area contributed by atoms with Crippen molar-refractivity contribution in [2.24, 2.45) is 5.92 Å². The zero-order chi connectivity index (χ0) is 30.2. The molecule has 1 fully saturated rings. The van der Waals surface area contributed by atoms with E-state index in [0.29, 0.717) is 11.5 Å². The van der Waals surface area contributed by atoms with E-state index in [0.717, 1.165) is 47.5 Å². The quantitative estimate of drug-likeness (QED) is 0.207. The number of carbonyl (C=O) groups is 1. The SMILES string of the molecule is Cc1ccc(C(=O)Oc2ccc3c(=O)c(Oc4ccc(C)c(C)c4)c(C(F)(F)F)oc3c2C[NH+]2CCC(C)CC2)cc1. The lowest BCUT2D eigenvalue weighted by Gasteiger charge is -2.28. The minimum Gasteiger partial charge on any atom is -0.449 e. The summed E-state index contributed by atoms with van der Waals surface area (Å²) >= 11 is 0. The van der Waals surface area contributed by atoms with Crippen LogP contribution in [0.1, 0.15) is 58.1 Å². The third-order valence-corrected chi connectivity index (χ3v) is 7.93. The number of esters is 1. The summed E-state index contributed by atoms with van der Waals surface area (Å²) in [5.74, 6) is -2.45. The maximum Gasteiger partial charge on any atom is 0.453 e. The summed E-state index contributed by atoms with van der Waals surface area (Å²) in [5.41, 5.74) is 1.99. The summed E-state index contributed by atoms with van der Waals surface area (Å²) in [7, 11) is 0.